The summed E-state index contributed by atoms with van der Waals surface area (Å²) in [7, 11) is 0. The first-order valence-corrected chi connectivity index (χ1v) is 5.90. The van der Waals surface area contributed by atoms with E-state index in [0.29, 0.717) is 19.0 Å². The molecule has 0 spiro atoms. The van der Waals surface area contributed by atoms with Crippen molar-refractivity contribution < 1.29 is 5.11 Å². The third-order valence-electron chi connectivity index (χ3n) is 2.56. The van der Waals surface area contributed by atoms with Gasteiger partial charge >= 0.3 is 0 Å². The summed E-state index contributed by atoms with van der Waals surface area (Å²) >= 11 is 0. The Morgan fingerprint density at radius 2 is 2.06 bits per heavy atom. The van der Waals surface area contributed by atoms with Crippen LogP contribution < -0.4 is 5.32 Å². The molecule has 0 radical (unpaired) electrons. The lowest BCUT2D eigenvalue weighted by Crippen LogP contribution is -2.42. The molecule has 90 valence electrons. The summed E-state index contributed by atoms with van der Waals surface area (Å²) in [6.07, 6.45) is 0.689. The fourth-order valence-electron chi connectivity index (χ4n) is 1.75. The monoisotopic (exact) mass is 221 g/mol. The van der Waals surface area contributed by atoms with Gasteiger partial charge in [-0.2, -0.15) is 0 Å². The minimum Gasteiger partial charge on any atom is -0.389 e. The molecule has 1 unspecified atom stereocenters. The molecule has 0 bridgehead atoms. The molecule has 2 N–H and O–H groups in total. The Balaban J connectivity index is 2.58. The second kappa shape index (κ2) is 5.46. The van der Waals surface area contributed by atoms with Gasteiger partial charge in [0.1, 0.15) is 0 Å². The van der Waals surface area contributed by atoms with Crippen molar-refractivity contribution in [2.75, 3.05) is 6.54 Å². The maximum absolute atomic E-state index is 10.2. The van der Waals surface area contributed by atoms with Crippen LogP contribution in [0.25, 0.3) is 0 Å². The van der Waals surface area contributed by atoms with Gasteiger partial charge < -0.3 is 10.4 Å². The average Bonchev–Trinajstić information content (AvgIpc) is 2.14. The Hall–Kier alpha value is -0.860. The summed E-state index contributed by atoms with van der Waals surface area (Å²) in [5.41, 5.74) is 1.75. The first kappa shape index (κ1) is 13.2. The van der Waals surface area contributed by atoms with Crippen molar-refractivity contribution in [3.05, 3.63) is 35.4 Å². The Bertz CT molecular complexity index is 331. The molecule has 0 saturated carbocycles. The molecule has 0 aliphatic carbocycles. The normalized spacial score (nSPS) is 15.1. The summed E-state index contributed by atoms with van der Waals surface area (Å²) in [6.45, 7) is 8.75. The third-order valence-corrected chi connectivity index (χ3v) is 2.56. The zero-order valence-corrected chi connectivity index (χ0v) is 10.7. The molecular formula is C14H23NO. The quantitative estimate of drug-likeness (QED) is 0.799. The largest absolute Gasteiger partial charge is 0.389 e. The van der Waals surface area contributed by atoms with Crippen LogP contribution in [0.3, 0.4) is 0 Å². The minimum atomic E-state index is -0.682. The van der Waals surface area contributed by atoms with Crippen LogP contribution in [0.1, 0.15) is 31.9 Å². The van der Waals surface area contributed by atoms with Gasteiger partial charge in [0.2, 0.25) is 0 Å². The summed E-state index contributed by atoms with van der Waals surface area (Å²) in [5, 5.41) is 13.5. The van der Waals surface area contributed by atoms with E-state index in [-0.39, 0.29) is 0 Å². The van der Waals surface area contributed by atoms with Gasteiger partial charge in [-0.3, -0.25) is 0 Å². The zero-order valence-electron chi connectivity index (χ0n) is 10.7. The summed E-state index contributed by atoms with van der Waals surface area (Å²) < 4.78 is 0. The molecule has 0 aromatic heterocycles. The van der Waals surface area contributed by atoms with E-state index in [2.05, 4.69) is 44.3 Å². The SMILES string of the molecule is Cc1cccc(CC(C)(O)CNC(C)C)c1. The molecule has 1 rings (SSSR count). The summed E-state index contributed by atoms with van der Waals surface area (Å²) in [5.74, 6) is 0. The van der Waals surface area contributed by atoms with Crippen molar-refractivity contribution in [3.63, 3.8) is 0 Å². The molecule has 1 aromatic carbocycles. The molecule has 0 saturated heterocycles. The molecule has 0 aliphatic heterocycles. The van der Waals surface area contributed by atoms with E-state index in [0.717, 1.165) is 0 Å². The van der Waals surface area contributed by atoms with Crippen LogP contribution in [0, 0.1) is 6.92 Å². The molecule has 0 heterocycles. The average molecular weight is 221 g/mol. The lowest BCUT2D eigenvalue weighted by Gasteiger charge is -2.25. The predicted octanol–water partition coefficient (Wildman–Crippen LogP) is 2.29. The number of benzene rings is 1. The van der Waals surface area contributed by atoms with Crippen molar-refractivity contribution in [1.29, 1.82) is 0 Å². The van der Waals surface area contributed by atoms with E-state index >= 15 is 0 Å². The van der Waals surface area contributed by atoms with Crippen LogP contribution >= 0.6 is 0 Å². The number of aliphatic hydroxyl groups is 1. The van der Waals surface area contributed by atoms with Gasteiger partial charge in [0, 0.05) is 19.0 Å². The van der Waals surface area contributed by atoms with Crippen LogP contribution in [0.15, 0.2) is 24.3 Å². The molecule has 0 aliphatic rings. The van der Waals surface area contributed by atoms with Gasteiger partial charge in [0.25, 0.3) is 0 Å². The van der Waals surface area contributed by atoms with Gasteiger partial charge in [0.05, 0.1) is 5.60 Å². The maximum Gasteiger partial charge on any atom is 0.0783 e. The van der Waals surface area contributed by atoms with Crippen molar-refractivity contribution in [2.45, 2.75) is 45.8 Å². The van der Waals surface area contributed by atoms with Crippen LogP contribution in [0.2, 0.25) is 0 Å². The van der Waals surface area contributed by atoms with Crippen molar-refractivity contribution >= 4 is 0 Å². The number of hydrogen-bond donors (Lipinski definition) is 2. The van der Waals surface area contributed by atoms with Gasteiger partial charge in [-0.15, -0.1) is 0 Å². The molecule has 2 nitrogen and oxygen atoms in total. The van der Waals surface area contributed by atoms with E-state index in [1.807, 2.05) is 13.0 Å². The fraction of sp³-hybridized carbons (Fsp3) is 0.571. The maximum atomic E-state index is 10.2. The lowest BCUT2D eigenvalue weighted by molar-refractivity contribution is 0.0581. The Labute approximate surface area is 98.7 Å². The van der Waals surface area contributed by atoms with E-state index in [9.17, 15) is 5.11 Å². The van der Waals surface area contributed by atoms with Gasteiger partial charge in [-0.05, 0) is 19.4 Å². The first-order valence-electron chi connectivity index (χ1n) is 5.90. The van der Waals surface area contributed by atoms with E-state index < -0.39 is 5.60 Å². The Morgan fingerprint density at radius 3 is 2.62 bits per heavy atom. The first-order chi connectivity index (χ1) is 7.39. The summed E-state index contributed by atoms with van der Waals surface area (Å²) in [4.78, 5) is 0. The third kappa shape index (κ3) is 4.77. The van der Waals surface area contributed by atoms with Gasteiger partial charge in [-0.1, -0.05) is 43.7 Å². The molecular weight excluding hydrogens is 198 g/mol. The van der Waals surface area contributed by atoms with Crippen LogP contribution in [0.4, 0.5) is 0 Å². The predicted molar refractivity (Wildman–Crippen MR) is 68.6 cm³/mol. The van der Waals surface area contributed by atoms with Crippen LogP contribution in [0.5, 0.6) is 0 Å². The number of hydrogen-bond acceptors (Lipinski definition) is 2. The zero-order chi connectivity index (χ0) is 12.2. The minimum absolute atomic E-state index is 0.406. The topological polar surface area (TPSA) is 32.3 Å². The molecule has 16 heavy (non-hydrogen) atoms. The number of aryl methyl sites for hydroxylation is 1. The smallest absolute Gasteiger partial charge is 0.0783 e. The molecule has 1 atom stereocenters. The second-order valence-electron chi connectivity index (χ2n) is 5.20. The molecule has 0 amide bonds. The van der Waals surface area contributed by atoms with E-state index in [4.69, 9.17) is 0 Å². The van der Waals surface area contributed by atoms with E-state index in [1.165, 1.54) is 11.1 Å². The van der Waals surface area contributed by atoms with E-state index in [1.54, 1.807) is 0 Å². The molecule has 0 fully saturated rings. The van der Waals surface area contributed by atoms with Gasteiger partial charge in [-0.25, -0.2) is 0 Å². The van der Waals surface area contributed by atoms with Gasteiger partial charge in [0.15, 0.2) is 0 Å². The highest BCUT2D eigenvalue weighted by molar-refractivity contribution is 5.23. The van der Waals surface area contributed by atoms with Crippen molar-refractivity contribution in [2.24, 2.45) is 0 Å². The fourth-order valence-corrected chi connectivity index (χ4v) is 1.75. The number of nitrogens with one attached hydrogen (secondary N) is 1. The Kier molecular flexibility index (Phi) is 4.51. The van der Waals surface area contributed by atoms with Crippen molar-refractivity contribution in [1.82, 2.24) is 5.32 Å². The van der Waals surface area contributed by atoms with Crippen molar-refractivity contribution in [3.8, 4) is 0 Å². The Morgan fingerprint density at radius 1 is 1.38 bits per heavy atom. The molecule has 2 heteroatoms. The van der Waals surface area contributed by atoms with Crippen LogP contribution in [-0.2, 0) is 6.42 Å². The highest BCUT2D eigenvalue weighted by atomic mass is 16.3. The second-order valence-corrected chi connectivity index (χ2v) is 5.20. The number of rotatable bonds is 5. The lowest BCUT2D eigenvalue weighted by atomic mass is 9.95. The standard InChI is InChI=1S/C14H23NO/c1-11(2)15-10-14(4,16)9-13-7-5-6-12(3)8-13/h5-8,11,15-16H,9-10H2,1-4H3. The molecule has 1 aromatic rings. The van der Waals surface area contributed by atoms with Crippen LogP contribution in [-0.4, -0.2) is 23.3 Å². The summed E-state index contributed by atoms with van der Waals surface area (Å²) in [6, 6.07) is 8.71. The highest BCUT2D eigenvalue weighted by Gasteiger charge is 2.20. The highest BCUT2D eigenvalue weighted by Crippen LogP contribution is 2.13.